The fraction of sp³-hybridized carbons (Fsp3) is 0.600. The Labute approximate surface area is 93.1 Å². The minimum absolute atomic E-state index is 0.0185. The zero-order valence-corrected chi connectivity index (χ0v) is 9.78. The predicted molar refractivity (Wildman–Crippen MR) is 60.3 cm³/mol. The number of rotatable bonds is 3. The van der Waals surface area contributed by atoms with Gasteiger partial charge in [-0.15, -0.1) is 11.3 Å². The molecule has 1 amide bonds. The summed E-state index contributed by atoms with van der Waals surface area (Å²) in [6, 6.07) is 0. The molecule has 4 nitrogen and oxygen atoms in total. The third-order valence-electron chi connectivity index (χ3n) is 2.53. The van der Waals surface area contributed by atoms with Gasteiger partial charge in [-0.2, -0.15) is 0 Å². The second-order valence-electron chi connectivity index (χ2n) is 3.88. The van der Waals surface area contributed by atoms with Gasteiger partial charge in [0.2, 0.25) is 0 Å². The zero-order valence-electron chi connectivity index (χ0n) is 8.96. The van der Waals surface area contributed by atoms with Gasteiger partial charge in [-0.25, -0.2) is 4.98 Å². The molecule has 82 valence electrons. The number of hydrogen-bond acceptors (Lipinski definition) is 4. The van der Waals surface area contributed by atoms with Crippen molar-refractivity contribution in [3.05, 3.63) is 15.6 Å². The molecule has 2 heterocycles. The van der Waals surface area contributed by atoms with Crippen LogP contribution in [0.4, 0.5) is 0 Å². The van der Waals surface area contributed by atoms with Gasteiger partial charge in [-0.3, -0.25) is 4.79 Å². The average Bonchev–Trinajstić information content (AvgIpc) is 2.42. The number of nitrogens with one attached hydrogen (secondary N) is 2. The van der Waals surface area contributed by atoms with Gasteiger partial charge in [0.25, 0.3) is 5.91 Å². The lowest BCUT2D eigenvalue weighted by Crippen LogP contribution is -2.48. The van der Waals surface area contributed by atoms with E-state index in [1.54, 1.807) is 0 Å². The van der Waals surface area contributed by atoms with Crippen LogP contribution < -0.4 is 10.6 Å². The van der Waals surface area contributed by atoms with Crippen LogP contribution in [0.3, 0.4) is 0 Å². The highest BCUT2D eigenvalue weighted by Gasteiger charge is 2.19. The zero-order chi connectivity index (χ0) is 10.8. The normalized spacial score (nSPS) is 16.1. The van der Waals surface area contributed by atoms with Crippen molar-refractivity contribution < 1.29 is 4.79 Å². The van der Waals surface area contributed by atoms with Crippen LogP contribution in [0.1, 0.15) is 20.4 Å². The molecule has 5 heteroatoms. The SMILES string of the molecule is Cc1nc(C)c(C(=O)NCC2CNC2)s1. The lowest BCUT2D eigenvalue weighted by atomic mass is 10.0. The first-order valence-corrected chi connectivity index (χ1v) is 5.91. The molecule has 0 bridgehead atoms. The van der Waals surface area contributed by atoms with Crippen molar-refractivity contribution in [3.8, 4) is 0 Å². The van der Waals surface area contributed by atoms with E-state index in [0.717, 1.165) is 35.2 Å². The smallest absolute Gasteiger partial charge is 0.263 e. The summed E-state index contributed by atoms with van der Waals surface area (Å²) in [5.41, 5.74) is 0.835. The van der Waals surface area contributed by atoms with E-state index in [1.807, 2.05) is 13.8 Å². The van der Waals surface area contributed by atoms with E-state index in [1.165, 1.54) is 11.3 Å². The summed E-state index contributed by atoms with van der Waals surface area (Å²) in [5, 5.41) is 7.07. The van der Waals surface area contributed by atoms with Crippen molar-refractivity contribution in [1.29, 1.82) is 0 Å². The van der Waals surface area contributed by atoms with Gasteiger partial charge in [0.1, 0.15) is 4.88 Å². The summed E-state index contributed by atoms with van der Waals surface area (Å²) in [4.78, 5) is 16.8. The second-order valence-corrected chi connectivity index (χ2v) is 5.08. The molecule has 1 aromatic heterocycles. The van der Waals surface area contributed by atoms with E-state index < -0.39 is 0 Å². The van der Waals surface area contributed by atoms with Crippen molar-refractivity contribution in [2.24, 2.45) is 5.92 Å². The van der Waals surface area contributed by atoms with Crippen molar-refractivity contribution in [2.75, 3.05) is 19.6 Å². The van der Waals surface area contributed by atoms with Gasteiger partial charge in [-0.1, -0.05) is 0 Å². The molecule has 0 radical (unpaired) electrons. The molecular weight excluding hydrogens is 210 g/mol. The topological polar surface area (TPSA) is 54.0 Å². The Hall–Kier alpha value is -0.940. The maximum atomic E-state index is 11.8. The number of aryl methyl sites for hydroxylation is 2. The van der Waals surface area contributed by atoms with Crippen LogP contribution in [-0.2, 0) is 0 Å². The van der Waals surface area contributed by atoms with Crippen LogP contribution in [-0.4, -0.2) is 30.5 Å². The molecule has 0 aromatic carbocycles. The fourth-order valence-corrected chi connectivity index (χ4v) is 2.39. The van der Waals surface area contributed by atoms with E-state index in [0.29, 0.717) is 5.92 Å². The Morgan fingerprint density at radius 3 is 2.80 bits per heavy atom. The van der Waals surface area contributed by atoms with Gasteiger partial charge in [0.05, 0.1) is 10.7 Å². The van der Waals surface area contributed by atoms with Gasteiger partial charge in [-0.05, 0) is 13.8 Å². The molecule has 1 saturated heterocycles. The third kappa shape index (κ3) is 2.35. The Bertz CT molecular complexity index is 371. The summed E-state index contributed by atoms with van der Waals surface area (Å²) in [6.07, 6.45) is 0. The molecular formula is C10H15N3OS. The molecule has 0 saturated carbocycles. The maximum absolute atomic E-state index is 11.8. The van der Waals surface area contributed by atoms with Crippen LogP contribution in [0, 0.1) is 19.8 Å². The van der Waals surface area contributed by atoms with Crippen LogP contribution in [0.15, 0.2) is 0 Å². The lowest BCUT2D eigenvalue weighted by Gasteiger charge is -2.26. The summed E-state index contributed by atoms with van der Waals surface area (Å²) < 4.78 is 0. The number of carbonyl (C=O) groups is 1. The average molecular weight is 225 g/mol. The number of amides is 1. The van der Waals surface area contributed by atoms with Crippen molar-refractivity contribution in [3.63, 3.8) is 0 Å². The van der Waals surface area contributed by atoms with E-state index in [2.05, 4.69) is 15.6 Å². The Morgan fingerprint density at radius 2 is 2.33 bits per heavy atom. The number of nitrogens with zero attached hydrogens (tertiary/aromatic N) is 1. The standard InChI is InChI=1S/C10H15N3OS/c1-6-9(15-7(2)13-6)10(14)12-5-8-3-11-4-8/h8,11H,3-5H2,1-2H3,(H,12,14). The monoisotopic (exact) mass is 225 g/mol. The first kappa shape index (κ1) is 10.6. The van der Waals surface area contributed by atoms with Gasteiger partial charge < -0.3 is 10.6 Å². The van der Waals surface area contributed by atoms with Crippen molar-refractivity contribution in [1.82, 2.24) is 15.6 Å². The Kier molecular flexibility index (Phi) is 3.02. The first-order chi connectivity index (χ1) is 7.16. The number of carbonyl (C=O) groups excluding carboxylic acids is 1. The Morgan fingerprint density at radius 1 is 1.60 bits per heavy atom. The van der Waals surface area contributed by atoms with Crippen LogP contribution in [0.5, 0.6) is 0 Å². The molecule has 2 rings (SSSR count). The summed E-state index contributed by atoms with van der Waals surface area (Å²) in [6.45, 7) is 6.60. The van der Waals surface area contributed by atoms with E-state index in [-0.39, 0.29) is 5.91 Å². The molecule has 1 fully saturated rings. The Balaban J connectivity index is 1.92. The number of aromatic nitrogens is 1. The van der Waals surface area contributed by atoms with Gasteiger partial charge in [0.15, 0.2) is 0 Å². The lowest BCUT2D eigenvalue weighted by molar-refractivity contribution is 0.0945. The minimum Gasteiger partial charge on any atom is -0.351 e. The van der Waals surface area contributed by atoms with Gasteiger partial charge >= 0.3 is 0 Å². The van der Waals surface area contributed by atoms with Crippen LogP contribution in [0.25, 0.3) is 0 Å². The molecule has 1 aromatic rings. The van der Waals surface area contributed by atoms with Gasteiger partial charge in [0, 0.05) is 25.6 Å². The largest absolute Gasteiger partial charge is 0.351 e. The quantitative estimate of drug-likeness (QED) is 0.796. The van der Waals surface area contributed by atoms with Crippen molar-refractivity contribution >= 4 is 17.2 Å². The third-order valence-corrected chi connectivity index (χ3v) is 3.60. The highest BCUT2D eigenvalue weighted by Crippen LogP contribution is 2.16. The highest BCUT2D eigenvalue weighted by molar-refractivity contribution is 7.13. The molecule has 2 N–H and O–H groups in total. The number of hydrogen-bond donors (Lipinski definition) is 2. The minimum atomic E-state index is 0.0185. The highest BCUT2D eigenvalue weighted by atomic mass is 32.1. The van der Waals surface area contributed by atoms with E-state index in [9.17, 15) is 4.79 Å². The first-order valence-electron chi connectivity index (χ1n) is 5.09. The molecule has 1 aliphatic heterocycles. The molecule has 1 aliphatic rings. The van der Waals surface area contributed by atoms with Crippen LogP contribution >= 0.6 is 11.3 Å². The summed E-state index contributed by atoms with van der Waals surface area (Å²) in [5.74, 6) is 0.619. The second kappa shape index (κ2) is 4.28. The summed E-state index contributed by atoms with van der Waals surface area (Å²) >= 11 is 1.46. The molecule has 0 atom stereocenters. The van der Waals surface area contributed by atoms with E-state index in [4.69, 9.17) is 0 Å². The molecule has 0 aliphatic carbocycles. The number of thiazole rings is 1. The van der Waals surface area contributed by atoms with E-state index >= 15 is 0 Å². The van der Waals surface area contributed by atoms with Crippen LogP contribution in [0.2, 0.25) is 0 Å². The van der Waals surface area contributed by atoms with Crippen molar-refractivity contribution in [2.45, 2.75) is 13.8 Å². The maximum Gasteiger partial charge on any atom is 0.263 e. The molecule has 15 heavy (non-hydrogen) atoms. The fourth-order valence-electron chi connectivity index (χ4n) is 1.55. The molecule has 0 spiro atoms. The summed E-state index contributed by atoms with van der Waals surface area (Å²) in [7, 11) is 0. The molecule has 0 unspecified atom stereocenters. The predicted octanol–water partition coefficient (Wildman–Crippen LogP) is 0.709.